The van der Waals surface area contributed by atoms with Crippen LogP contribution in [0.15, 0.2) is 40.8 Å². The van der Waals surface area contributed by atoms with Crippen molar-refractivity contribution in [1.82, 2.24) is 24.7 Å². The van der Waals surface area contributed by atoms with Gasteiger partial charge in [0.2, 0.25) is 17.8 Å². The van der Waals surface area contributed by atoms with Gasteiger partial charge in [-0.25, -0.2) is 10.1 Å². The smallest absolute Gasteiger partial charge is 0.262 e. The largest absolute Gasteiger partial charge is 0.340 e. The highest BCUT2D eigenvalue weighted by molar-refractivity contribution is 7.17. The van der Waals surface area contributed by atoms with Crippen LogP contribution in [0.4, 0.5) is 11.9 Å². The molecule has 1 aromatic carbocycles. The molecule has 1 aliphatic heterocycles. The predicted octanol–water partition coefficient (Wildman–Crippen LogP) is 3.57. The van der Waals surface area contributed by atoms with Crippen LogP contribution in [0.5, 0.6) is 0 Å². The highest BCUT2D eigenvalue weighted by Crippen LogP contribution is 2.30. The van der Waals surface area contributed by atoms with Crippen molar-refractivity contribution in [2.24, 2.45) is 0 Å². The molecule has 0 atom stereocenters. The standard InChI is InChI=1S/C23H25N7O2S/c1-15-5-7-16(8-6-15)17-13-33-20-19(17)21(32)30(14-24-20)12-9-18(31)25-22-26-23(28-27-22)29-10-3-2-4-11-29/h5-8,13-14H,2-4,9-12H2,1H3,(H2,25,26,27,28,31). The van der Waals surface area contributed by atoms with Crippen LogP contribution in [0.1, 0.15) is 31.2 Å². The molecule has 1 fully saturated rings. The molecule has 10 heteroatoms. The molecule has 0 spiro atoms. The zero-order valence-electron chi connectivity index (χ0n) is 18.4. The number of amides is 1. The lowest BCUT2D eigenvalue weighted by Crippen LogP contribution is -2.30. The van der Waals surface area contributed by atoms with Gasteiger partial charge >= 0.3 is 0 Å². The van der Waals surface area contributed by atoms with Crippen LogP contribution in [-0.2, 0) is 11.3 Å². The number of rotatable bonds is 6. The fourth-order valence-electron chi connectivity index (χ4n) is 4.03. The molecule has 33 heavy (non-hydrogen) atoms. The Morgan fingerprint density at radius 3 is 2.76 bits per heavy atom. The second kappa shape index (κ2) is 9.14. The molecule has 0 saturated carbocycles. The second-order valence-electron chi connectivity index (χ2n) is 8.27. The van der Waals surface area contributed by atoms with E-state index >= 15 is 0 Å². The molecule has 5 rings (SSSR count). The summed E-state index contributed by atoms with van der Waals surface area (Å²) in [7, 11) is 0. The number of hydrogen-bond acceptors (Lipinski definition) is 7. The molecule has 3 aromatic heterocycles. The third-order valence-electron chi connectivity index (χ3n) is 5.87. The first kappa shape index (κ1) is 21.3. The van der Waals surface area contributed by atoms with Crippen LogP contribution < -0.4 is 15.8 Å². The molecule has 0 unspecified atom stereocenters. The zero-order chi connectivity index (χ0) is 22.8. The Morgan fingerprint density at radius 1 is 1.18 bits per heavy atom. The summed E-state index contributed by atoms with van der Waals surface area (Å²) in [5.41, 5.74) is 2.88. The van der Waals surface area contributed by atoms with Gasteiger partial charge < -0.3 is 4.90 Å². The molecule has 0 bridgehead atoms. The Labute approximate surface area is 194 Å². The number of thiophene rings is 1. The Balaban J connectivity index is 1.28. The Bertz CT molecular complexity index is 1330. The van der Waals surface area contributed by atoms with Gasteiger partial charge in [0, 0.05) is 37.0 Å². The second-order valence-corrected chi connectivity index (χ2v) is 9.13. The van der Waals surface area contributed by atoms with E-state index in [1.54, 1.807) is 0 Å². The molecule has 170 valence electrons. The summed E-state index contributed by atoms with van der Waals surface area (Å²) >= 11 is 1.45. The van der Waals surface area contributed by atoms with Gasteiger partial charge in [0.05, 0.1) is 11.7 Å². The summed E-state index contributed by atoms with van der Waals surface area (Å²) in [6.07, 6.45) is 5.10. The fraction of sp³-hybridized carbons (Fsp3) is 0.348. The molecule has 4 aromatic rings. The maximum atomic E-state index is 13.2. The summed E-state index contributed by atoms with van der Waals surface area (Å²) in [4.78, 5) is 37.3. The number of aromatic nitrogens is 5. The summed E-state index contributed by atoms with van der Waals surface area (Å²) in [5, 5.41) is 12.3. The summed E-state index contributed by atoms with van der Waals surface area (Å²) in [5.74, 6) is 0.686. The van der Waals surface area contributed by atoms with E-state index in [1.807, 2.05) is 36.6 Å². The van der Waals surface area contributed by atoms with Gasteiger partial charge in [0.1, 0.15) is 4.83 Å². The summed E-state index contributed by atoms with van der Waals surface area (Å²) in [6.45, 7) is 4.11. The highest BCUT2D eigenvalue weighted by atomic mass is 32.1. The van der Waals surface area contributed by atoms with Crippen molar-refractivity contribution in [2.45, 2.75) is 39.2 Å². The Hall–Kier alpha value is -3.53. The van der Waals surface area contributed by atoms with E-state index in [0.717, 1.165) is 42.6 Å². The maximum absolute atomic E-state index is 13.2. The van der Waals surface area contributed by atoms with Crippen LogP contribution in [-0.4, -0.2) is 43.7 Å². The Kier molecular flexibility index (Phi) is 5.91. The van der Waals surface area contributed by atoms with Gasteiger partial charge in [-0.15, -0.1) is 16.4 Å². The first-order valence-electron chi connectivity index (χ1n) is 11.1. The number of nitrogens with one attached hydrogen (secondary N) is 2. The topological polar surface area (TPSA) is 109 Å². The summed E-state index contributed by atoms with van der Waals surface area (Å²) < 4.78 is 1.49. The van der Waals surface area contributed by atoms with Crippen LogP contribution in [0.3, 0.4) is 0 Å². The van der Waals surface area contributed by atoms with E-state index in [9.17, 15) is 9.59 Å². The lowest BCUT2D eigenvalue weighted by atomic mass is 10.1. The first-order valence-corrected chi connectivity index (χ1v) is 12.0. The average Bonchev–Trinajstić information content (AvgIpc) is 3.47. The van der Waals surface area contributed by atoms with E-state index in [1.165, 1.54) is 28.7 Å². The van der Waals surface area contributed by atoms with E-state index in [2.05, 4.69) is 30.4 Å². The van der Waals surface area contributed by atoms with Gasteiger partial charge in [0.15, 0.2) is 0 Å². The predicted molar refractivity (Wildman–Crippen MR) is 130 cm³/mol. The number of benzene rings is 1. The van der Waals surface area contributed by atoms with Crippen molar-refractivity contribution in [3.8, 4) is 11.1 Å². The van der Waals surface area contributed by atoms with Gasteiger partial charge in [-0.05, 0) is 31.7 Å². The zero-order valence-corrected chi connectivity index (χ0v) is 19.2. The van der Waals surface area contributed by atoms with E-state index in [4.69, 9.17) is 0 Å². The molecular formula is C23H25N7O2S. The third kappa shape index (κ3) is 4.51. The van der Waals surface area contributed by atoms with Crippen LogP contribution >= 0.6 is 11.3 Å². The monoisotopic (exact) mass is 463 g/mol. The number of fused-ring (bicyclic) bond motifs is 1. The van der Waals surface area contributed by atoms with Crippen LogP contribution in [0.2, 0.25) is 0 Å². The normalized spacial score (nSPS) is 14.0. The molecule has 1 amide bonds. The molecular weight excluding hydrogens is 438 g/mol. The third-order valence-corrected chi connectivity index (χ3v) is 6.76. The van der Waals surface area contributed by atoms with Crippen molar-refractivity contribution in [3.63, 3.8) is 0 Å². The molecule has 4 heterocycles. The van der Waals surface area contributed by atoms with E-state index in [-0.39, 0.29) is 24.4 Å². The maximum Gasteiger partial charge on any atom is 0.262 e. The number of hydrogen-bond donors (Lipinski definition) is 2. The van der Waals surface area contributed by atoms with Crippen molar-refractivity contribution >= 4 is 39.4 Å². The fourth-order valence-corrected chi connectivity index (χ4v) is 4.94. The number of piperidine rings is 1. The van der Waals surface area contributed by atoms with Crippen molar-refractivity contribution in [2.75, 3.05) is 23.3 Å². The number of nitrogens with zero attached hydrogens (tertiary/aromatic N) is 5. The van der Waals surface area contributed by atoms with Gasteiger partial charge in [-0.3, -0.25) is 19.5 Å². The molecule has 1 aliphatic rings. The highest BCUT2D eigenvalue weighted by Gasteiger charge is 2.17. The SMILES string of the molecule is Cc1ccc(-c2csc3ncn(CCC(=O)Nc4nc(N5CCCCC5)n[nH]4)c(=O)c23)cc1. The average molecular weight is 464 g/mol. The van der Waals surface area contributed by atoms with Crippen molar-refractivity contribution < 1.29 is 4.79 Å². The van der Waals surface area contributed by atoms with E-state index in [0.29, 0.717) is 22.1 Å². The summed E-state index contributed by atoms with van der Waals surface area (Å²) in [6, 6.07) is 8.07. The van der Waals surface area contributed by atoms with Crippen LogP contribution in [0.25, 0.3) is 21.3 Å². The number of aryl methyl sites for hydroxylation is 2. The van der Waals surface area contributed by atoms with Gasteiger partial charge in [0.25, 0.3) is 5.56 Å². The number of anilines is 2. The first-order chi connectivity index (χ1) is 16.1. The molecule has 0 aliphatic carbocycles. The van der Waals surface area contributed by atoms with Crippen molar-refractivity contribution in [1.29, 1.82) is 0 Å². The van der Waals surface area contributed by atoms with Crippen molar-refractivity contribution in [3.05, 3.63) is 51.9 Å². The number of H-pyrrole nitrogens is 1. The van der Waals surface area contributed by atoms with Crippen LogP contribution in [0, 0.1) is 6.92 Å². The van der Waals surface area contributed by atoms with Gasteiger partial charge in [-0.1, -0.05) is 29.8 Å². The molecule has 9 nitrogen and oxygen atoms in total. The molecule has 0 radical (unpaired) electrons. The lowest BCUT2D eigenvalue weighted by molar-refractivity contribution is -0.116. The minimum absolute atomic E-state index is 0.122. The van der Waals surface area contributed by atoms with Gasteiger partial charge in [-0.2, -0.15) is 4.98 Å². The van der Waals surface area contributed by atoms with E-state index < -0.39 is 0 Å². The Morgan fingerprint density at radius 2 is 1.97 bits per heavy atom. The number of aromatic amines is 1. The quantitative estimate of drug-likeness (QED) is 0.453. The minimum Gasteiger partial charge on any atom is -0.340 e. The minimum atomic E-state index is -0.243. The number of carbonyl (C=O) groups excluding carboxylic acids is 1. The molecule has 1 saturated heterocycles. The molecule has 2 N–H and O–H groups in total. The number of carbonyl (C=O) groups is 1. The lowest BCUT2D eigenvalue weighted by Gasteiger charge is -2.24.